The van der Waals surface area contributed by atoms with Crippen molar-refractivity contribution >= 4 is 11.7 Å². The van der Waals surface area contributed by atoms with Crippen molar-refractivity contribution < 1.29 is 19.6 Å². The molecule has 7 heteroatoms. The minimum absolute atomic E-state index is 0.0422. The van der Waals surface area contributed by atoms with Gasteiger partial charge in [-0.2, -0.15) is 0 Å². The minimum atomic E-state index is -1.16. The van der Waals surface area contributed by atoms with E-state index in [-0.39, 0.29) is 22.5 Å². The summed E-state index contributed by atoms with van der Waals surface area (Å²) in [6.45, 7) is 1.71. The molecule has 0 saturated carbocycles. The van der Waals surface area contributed by atoms with Gasteiger partial charge in [-0.1, -0.05) is 0 Å². The largest absolute Gasteiger partial charge is 0.496 e. The SMILES string of the molecule is COc1ccc([N+](=O)[O-])cc1-c1nc(C)ccc1C(=O)O. The molecule has 0 bridgehead atoms. The summed E-state index contributed by atoms with van der Waals surface area (Å²) in [4.78, 5) is 25.8. The number of aryl methyl sites for hydroxylation is 1. The van der Waals surface area contributed by atoms with E-state index in [2.05, 4.69) is 4.98 Å². The second-order valence-electron chi connectivity index (χ2n) is 4.30. The zero-order chi connectivity index (χ0) is 15.6. The van der Waals surface area contributed by atoms with Crippen LogP contribution < -0.4 is 4.74 Å². The van der Waals surface area contributed by atoms with Crippen molar-refractivity contribution in [1.82, 2.24) is 4.98 Å². The van der Waals surface area contributed by atoms with Crippen molar-refractivity contribution in [2.24, 2.45) is 0 Å². The molecule has 108 valence electrons. The quantitative estimate of drug-likeness (QED) is 0.685. The molecule has 0 saturated heterocycles. The number of carboxylic acids is 1. The molecule has 21 heavy (non-hydrogen) atoms. The van der Waals surface area contributed by atoms with Gasteiger partial charge in [0.2, 0.25) is 0 Å². The van der Waals surface area contributed by atoms with Crippen LogP contribution in [0.25, 0.3) is 11.3 Å². The number of methoxy groups -OCH3 is 1. The number of nitro benzene ring substituents is 1. The molecule has 1 heterocycles. The van der Waals surface area contributed by atoms with E-state index in [1.807, 2.05) is 0 Å². The van der Waals surface area contributed by atoms with Gasteiger partial charge in [0.25, 0.3) is 5.69 Å². The number of carboxylic acid groups (broad SMARTS) is 1. The van der Waals surface area contributed by atoms with Gasteiger partial charge in [0.05, 0.1) is 23.3 Å². The van der Waals surface area contributed by atoms with Crippen LogP contribution in [0.3, 0.4) is 0 Å². The lowest BCUT2D eigenvalue weighted by atomic mass is 10.0. The number of rotatable bonds is 4. The Labute approximate surface area is 120 Å². The van der Waals surface area contributed by atoms with E-state index < -0.39 is 10.9 Å². The maximum Gasteiger partial charge on any atom is 0.337 e. The average Bonchev–Trinajstić information content (AvgIpc) is 2.46. The third-order valence-electron chi connectivity index (χ3n) is 2.91. The maximum absolute atomic E-state index is 11.3. The van der Waals surface area contributed by atoms with Crippen molar-refractivity contribution in [3.63, 3.8) is 0 Å². The number of non-ortho nitro benzene ring substituents is 1. The van der Waals surface area contributed by atoms with E-state index in [9.17, 15) is 20.0 Å². The van der Waals surface area contributed by atoms with E-state index in [0.29, 0.717) is 11.4 Å². The average molecular weight is 288 g/mol. The Bertz CT molecular complexity index is 727. The third-order valence-corrected chi connectivity index (χ3v) is 2.91. The number of aromatic nitrogens is 1. The van der Waals surface area contributed by atoms with Gasteiger partial charge >= 0.3 is 5.97 Å². The summed E-state index contributed by atoms with van der Waals surface area (Å²) in [5.74, 6) is -0.841. The molecule has 7 nitrogen and oxygen atoms in total. The van der Waals surface area contributed by atoms with Gasteiger partial charge in [0.1, 0.15) is 5.75 Å². The Hall–Kier alpha value is -2.96. The molecule has 2 aromatic rings. The molecular formula is C14H12N2O5. The number of nitrogens with zero attached hydrogens (tertiary/aromatic N) is 2. The van der Waals surface area contributed by atoms with Gasteiger partial charge in [-0.15, -0.1) is 0 Å². The summed E-state index contributed by atoms with van der Waals surface area (Å²) in [6.07, 6.45) is 0. The number of ether oxygens (including phenoxy) is 1. The van der Waals surface area contributed by atoms with Gasteiger partial charge in [-0.25, -0.2) is 4.79 Å². The number of benzene rings is 1. The molecule has 1 aromatic carbocycles. The summed E-state index contributed by atoms with van der Waals surface area (Å²) in [5.41, 5.74) is 0.809. The number of pyridine rings is 1. The Kier molecular flexibility index (Phi) is 3.84. The smallest absolute Gasteiger partial charge is 0.337 e. The number of aromatic carboxylic acids is 1. The standard InChI is InChI=1S/C14H12N2O5/c1-8-3-5-10(14(17)18)13(15-8)11-7-9(16(19)20)4-6-12(11)21-2/h3-7H,1-2H3,(H,17,18). The molecule has 0 fully saturated rings. The molecule has 1 N–H and O–H groups in total. The molecule has 0 atom stereocenters. The van der Waals surface area contributed by atoms with Gasteiger partial charge < -0.3 is 9.84 Å². The molecule has 1 aromatic heterocycles. The first-order valence-electron chi connectivity index (χ1n) is 5.97. The lowest BCUT2D eigenvalue weighted by molar-refractivity contribution is -0.384. The highest BCUT2D eigenvalue weighted by molar-refractivity contribution is 5.95. The summed E-state index contributed by atoms with van der Waals surface area (Å²) >= 11 is 0. The van der Waals surface area contributed by atoms with Crippen molar-refractivity contribution in [2.75, 3.05) is 7.11 Å². The number of hydrogen-bond acceptors (Lipinski definition) is 5. The van der Waals surface area contributed by atoms with Crippen LogP contribution in [0.4, 0.5) is 5.69 Å². The van der Waals surface area contributed by atoms with E-state index in [0.717, 1.165) is 0 Å². The topological polar surface area (TPSA) is 103 Å². The fourth-order valence-electron chi connectivity index (χ4n) is 1.93. The van der Waals surface area contributed by atoms with Crippen molar-refractivity contribution in [2.45, 2.75) is 6.92 Å². The highest BCUT2D eigenvalue weighted by Gasteiger charge is 2.20. The highest BCUT2D eigenvalue weighted by atomic mass is 16.6. The van der Waals surface area contributed by atoms with E-state index >= 15 is 0 Å². The molecule has 0 unspecified atom stereocenters. The summed E-state index contributed by atoms with van der Waals surface area (Å²) in [5, 5.41) is 20.1. The predicted octanol–water partition coefficient (Wildman–Crippen LogP) is 2.67. The van der Waals surface area contributed by atoms with Crippen LogP contribution in [0.1, 0.15) is 16.1 Å². The van der Waals surface area contributed by atoms with Crippen LogP contribution in [0.2, 0.25) is 0 Å². The lowest BCUT2D eigenvalue weighted by Gasteiger charge is -2.10. The van der Waals surface area contributed by atoms with Crippen LogP contribution in [0.15, 0.2) is 30.3 Å². The van der Waals surface area contributed by atoms with Crippen molar-refractivity contribution in [3.8, 4) is 17.0 Å². The zero-order valence-corrected chi connectivity index (χ0v) is 11.4. The second kappa shape index (κ2) is 5.58. The first-order chi connectivity index (χ1) is 9.93. The van der Waals surface area contributed by atoms with Crippen molar-refractivity contribution in [1.29, 1.82) is 0 Å². The Morgan fingerprint density at radius 1 is 1.33 bits per heavy atom. The Morgan fingerprint density at radius 2 is 2.05 bits per heavy atom. The summed E-state index contributed by atoms with van der Waals surface area (Å²) in [7, 11) is 1.40. The summed E-state index contributed by atoms with van der Waals surface area (Å²) < 4.78 is 5.15. The maximum atomic E-state index is 11.3. The monoisotopic (exact) mass is 288 g/mol. The van der Waals surface area contributed by atoms with Crippen molar-refractivity contribution in [3.05, 3.63) is 51.7 Å². The number of hydrogen-bond donors (Lipinski definition) is 1. The predicted molar refractivity (Wildman–Crippen MR) is 74.6 cm³/mol. The molecule has 0 amide bonds. The van der Waals surface area contributed by atoms with Gasteiger partial charge in [-0.05, 0) is 25.1 Å². The fourth-order valence-corrected chi connectivity index (χ4v) is 1.93. The lowest BCUT2D eigenvalue weighted by Crippen LogP contribution is -2.04. The van der Waals surface area contributed by atoms with Crippen LogP contribution in [0, 0.1) is 17.0 Å². The van der Waals surface area contributed by atoms with Gasteiger partial charge in [-0.3, -0.25) is 15.1 Å². The van der Waals surface area contributed by atoms with Crippen LogP contribution >= 0.6 is 0 Å². The molecule has 0 spiro atoms. The van der Waals surface area contributed by atoms with E-state index in [1.54, 1.807) is 13.0 Å². The van der Waals surface area contributed by atoms with E-state index in [4.69, 9.17) is 4.74 Å². The fraction of sp³-hybridized carbons (Fsp3) is 0.143. The minimum Gasteiger partial charge on any atom is -0.496 e. The van der Waals surface area contributed by atoms with Crippen LogP contribution in [-0.4, -0.2) is 28.1 Å². The molecule has 0 aliphatic carbocycles. The molecular weight excluding hydrogens is 276 g/mol. The first-order valence-corrected chi connectivity index (χ1v) is 5.97. The Morgan fingerprint density at radius 3 is 2.62 bits per heavy atom. The molecule has 0 aliphatic rings. The zero-order valence-electron chi connectivity index (χ0n) is 11.4. The molecule has 0 radical (unpaired) electrons. The van der Waals surface area contributed by atoms with Crippen LogP contribution in [-0.2, 0) is 0 Å². The van der Waals surface area contributed by atoms with Gasteiger partial charge in [0, 0.05) is 23.4 Å². The summed E-state index contributed by atoms with van der Waals surface area (Å²) in [6, 6.07) is 6.95. The van der Waals surface area contributed by atoms with E-state index in [1.165, 1.54) is 31.4 Å². The molecule has 2 rings (SSSR count). The van der Waals surface area contributed by atoms with Crippen LogP contribution in [0.5, 0.6) is 5.75 Å². The highest BCUT2D eigenvalue weighted by Crippen LogP contribution is 2.34. The normalized spacial score (nSPS) is 10.2. The third kappa shape index (κ3) is 2.81. The molecule has 0 aliphatic heterocycles. The van der Waals surface area contributed by atoms with Gasteiger partial charge in [0.15, 0.2) is 0 Å². The Balaban J connectivity index is 2.75. The second-order valence-corrected chi connectivity index (χ2v) is 4.30. The first kappa shape index (κ1) is 14.4. The number of carbonyl (C=O) groups is 1. The number of nitro groups is 1.